The van der Waals surface area contributed by atoms with Crippen molar-refractivity contribution in [3.05, 3.63) is 59.1 Å². The summed E-state index contributed by atoms with van der Waals surface area (Å²) in [6.45, 7) is 0. The Morgan fingerprint density at radius 1 is 1.21 bits per heavy atom. The van der Waals surface area contributed by atoms with Crippen molar-refractivity contribution in [3.8, 4) is 17.1 Å². The minimum absolute atomic E-state index is 0.0310. The molecule has 7 heteroatoms. The molecule has 2 aromatic carbocycles. The first-order chi connectivity index (χ1) is 11.6. The van der Waals surface area contributed by atoms with E-state index in [1.807, 2.05) is 18.2 Å². The number of hydrogen-bond donors (Lipinski definition) is 1. The van der Waals surface area contributed by atoms with E-state index in [0.717, 1.165) is 16.0 Å². The molecule has 0 radical (unpaired) electrons. The largest absolute Gasteiger partial charge is 0.497 e. The van der Waals surface area contributed by atoms with Gasteiger partial charge in [0.1, 0.15) is 5.75 Å². The molecule has 0 fully saturated rings. The summed E-state index contributed by atoms with van der Waals surface area (Å²) in [5, 5.41) is 4.69. The van der Waals surface area contributed by atoms with Crippen LogP contribution in [0.25, 0.3) is 11.4 Å². The highest BCUT2D eigenvalue weighted by molar-refractivity contribution is 6.33. The van der Waals surface area contributed by atoms with Crippen molar-refractivity contribution >= 4 is 23.5 Å². The highest BCUT2D eigenvalue weighted by Crippen LogP contribution is 2.25. The summed E-state index contributed by atoms with van der Waals surface area (Å²) < 4.78 is 6.20. The van der Waals surface area contributed by atoms with Crippen molar-refractivity contribution in [3.63, 3.8) is 0 Å². The van der Waals surface area contributed by atoms with Crippen LogP contribution in [0.5, 0.6) is 5.75 Å². The SMILES string of the molecule is COc1ccc(CC(=O)n2nc(-c3ccccc3Cl)nc2N)cc1. The maximum Gasteiger partial charge on any atom is 0.254 e. The Hall–Kier alpha value is -2.86. The quantitative estimate of drug-likeness (QED) is 0.787. The van der Waals surface area contributed by atoms with Gasteiger partial charge < -0.3 is 10.5 Å². The molecule has 1 heterocycles. The molecule has 3 aromatic rings. The van der Waals surface area contributed by atoms with E-state index < -0.39 is 0 Å². The Morgan fingerprint density at radius 2 is 1.92 bits per heavy atom. The van der Waals surface area contributed by atoms with Crippen LogP contribution in [-0.4, -0.2) is 27.8 Å². The summed E-state index contributed by atoms with van der Waals surface area (Å²) >= 11 is 6.13. The maximum atomic E-state index is 12.4. The van der Waals surface area contributed by atoms with E-state index in [9.17, 15) is 4.79 Å². The van der Waals surface area contributed by atoms with Crippen LogP contribution in [0.1, 0.15) is 10.4 Å². The van der Waals surface area contributed by atoms with Crippen molar-refractivity contribution < 1.29 is 9.53 Å². The van der Waals surface area contributed by atoms with Gasteiger partial charge in [-0.15, -0.1) is 5.10 Å². The fourth-order valence-corrected chi connectivity index (χ4v) is 2.48. The Morgan fingerprint density at radius 3 is 2.58 bits per heavy atom. The fourth-order valence-electron chi connectivity index (χ4n) is 2.26. The third-order valence-electron chi connectivity index (χ3n) is 3.50. The minimum Gasteiger partial charge on any atom is -0.497 e. The van der Waals surface area contributed by atoms with E-state index in [4.69, 9.17) is 22.1 Å². The molecule has 6 nitrogen and oxygen atoms in total. The number of rotatable bonds is 4. The summed E-state index contributed by atoms with van der Waals surface area (Å²) in [6.07, 6.45) is 0.152. The standard InChI is InChI=1S/C17H15ClN4O2/c1-24-12-8-6-11(7-9-12)10-15(23)22-17(19)20-16(21-22)13-4-2-3-5-14(13)18/h2-9H,10H2,1H3,(H2,19,20,21). The predicted octanol–water partition coefficient (Wildman–Crippen LogP) is 3.07. The first-order valence-corrected chi connectivity index (χ1v) is 7.60. The monoisotopic (exact) mass is 342 g/mol. The molecule has 0 saturated carbocycles. The third-order valence-corrected chi connectivity index (χ3v) is 3.83. The van der Waals surface area contributed by atoms with Crippen LogP contribution in [0.2, 0.25) is 5.02 Å². The molecule has 0 aliphatic carbocycles. The molecule has 0 aliphatic heterocycles. The molecule has 0 atom stereocenters. The molecule has 24 heavy (non-hydrogen) atoms. The number of carbonyl (C=O) groups is 1. The van der Waals surface area contributed by atoms with Crippen LogP contribution in [0, 0.1) is 0 Å². The molecule has 1 aromatic heterocycles. The second-order valence-corrected chi connectivity index (χ2v) is 5.51. The highest BCUT2D eigenvalue weighted by atomic mass is 35.5. The van der Waals surface area contributed by atoms with Crippen LogP contribution in [-0.2, 0) is 6.42 Å². The number of aromatic nitrogens is 3. The van der Waals surface area contributed by atoms with Crippen molar-refractivity contribution in [2.45, 2.75) is 6.42 Å². The lowest BCUT2D eigenvalue weighted by Crippen LogP contribution is -2.17. The molecule has 0 amide bonds. The van der Waals surface area contributed by atoms with Gasteiger partial charge in [-0.1, -0.05) is 35.9 Å². The highest BCUT2D eigenvalue weighted by Gasteiger charge is 2.17. The molecule has 0 saturated heterocycles. The van der Waals surface area contributed by atoms with Gasteiger partial charge in [-0.3, -0.25) is 4.79 Å². The molecule has 0 aliphatic rings. The Kier molecular flexibility index (Phi) is 4.48. The molecule has 122 valence electrons. The molecular weight excluding hydrogens is 328 g/mol. The maximum absolute atomic E-state index is 12.4. The van der Waals surface area contributed by atoms with Gasteiger partial charge in [0.2, 0.25) is 5.95 Å². The number of nitrogen functional groups attached to an aromatic ring is 1. The number of nitrogens with two attached hydrogens (primary N) is 1. The first-order valence-electron chi connectivity index (χ1n) is 7.22. The number of anilines is 1. The lowest BCUT2D eigenvalue weighted by Gasteiger charge is -2.04. The summed E-state index contributed by atoms with van der Waals surface area (Å²) in [4.78, 5) is 16.6. The number of carbonyl (C=O) groups excluding carboxylic acids is 1. The fraction of sp³-hybridized carbons (Fsp3) is 0.118. The van der Waals surface area contributed by atoms with E-state index in [-0.39, 0.29) is 18.3 Å². The van der Waals surface area contributed by atoms with Crippen molar-refractivity contribution in [1.82, 2.24) is 14.8 Å². The number of nitrogens with zero attached hydrogens (tertiary/aromatic N) is 3. The Balaban J connectivity index is 1.84. The average Bonchev–Trinajstić information content (AvgIpc) is 2.97. The van der Waals surface area contributed by atoms with E-state index in [1.54, 1.807) is 37.4 Å². The average molecular weight is 343 g/mol. The van der Waals surface area contributed by atoms with Crippen LogP contribution in [0.15, 0.2) is 48.5 Å². The van der Waals surface area contributed by atoms with Crippen LogP contribution in [0.3, 0.4) is 0 Å². The van der Waals surface area contributed by atoms with Crippen molar-refractivity contribution in [1.29, 1.82) is 0 Å². The zero-order valence-corrected chi connectivity index (χ0v) is 13.7. The van der Waals surface area contributed by atoms with Gasteiger partial charge in [-0.25, -0.2) is 0 Å². The summed E-state index contributed by atoms with van der Waals surface area (Å²) in [5.74, 6) is 0.806. The number of halogens is 1. The van der Waals surface area contributed by atoms with Crippen LogP contribution in [0.4, 0.5) is 5.95 Å². The topological polar surface area (TPSA) is 83.0 Å². The zero-order chi connectivity index (χ0) is 17.1. The smallest absolute Gasteiger partial charge is 0.254 e. The second kappa shape index (κ2) is 6.72. The lowest BCUT2D eigenvalue weighted by atomic mass is 10.1. The van der Waals surface area contributed by atoms with E-state index in [2.05, 4.69) is 10.1 Å². The van der Waals surface area contributed by atoms with Gasteiger partial charge in [0, 0.05) is 5.56 Å². The molecule has 0 spiro atoms. The number of methoxy groups -OCH3 is 1. The third kappa shape index (κ3) is 3.23. The summed E-state index contributed by atoms with van der Waals surface area (Å²) in [5.41, 5.74) is 7.29. The zero-order valence-electron chi connectivity index (χ0n) is 12.9. The Labute approximate surface area is 143 Å². The lowest BCUT2D eigenvalue weighted by molar-refractivity contribution is 0.0901. The minimum atomic E-state index is -0.275. The molecule has 0 unspecified atom stereocenters. The van der Waals surface area contributed by atoms with Gasteiger partial charge in [0.25, 0.3) is 5.91 Å². The molecule has 0 bridgehead atoms. The normalized spacial score (nSPS) is 10.6. The van der Waals surface area contributed by atoms with Gasteiger partial charge in [0.15, 0.2) is 5.82 Å². The van der Waals surface area contributed by atoms with Gasteiger partial charge in [-0.2, -0.15) is 9.67 Å². The number of benzene rings is 2. The summed E-state index contributed by atoms with van der Waals surface area (Å²) in [7, 11) is 1.59. The second-order valence-electron chi connectivity index (χ2n) is 5.10. The molecule has 2 N–H and O–H groups in total. The van der Waals surface area contributed by atoms with E-state index in [0.29, 0.717) is 16.4 Å². The van der Waals surface area contributed by atoms with E-state index >= 15 is 0 Å². The van der Waals surface area contributed by atoms with Crippen LogP contribution < -0.4 is 10.5 Å². The molecule has 3 rings (SSSR count). The summed E-state index contributed by atoms with van der Waals surface area (Å²) in [6, 6.07) is 14.4. The predicted molar refractivity (Wildman–Crippen MR) is 92.2 cm³/mol. The number of ether oxygens (including phenoxy) is 1. The van der Waals surface area contributed by atoms with Crippen molar-refractivity contribution in [2.75, 3.05) is 12.8 Å². The van der Waals surface area contributed by atoms with Gasteiger partial charge >= 0.3 is 0 Å². The number of hydrogen-bond acceptors (Lipinski definition) is 5. The van der Waals surface area contributed by atoms with E-state index in [1.165, 1.54) is 0 Å². The van der Waals surface area contributed by atoms with Gasteiger partial charge in [0.05, 0.1) is 18.6 Å². The first kappa shape index (κ1) is 16.0. The van der Waals surface area contributed by atoms with Gasteiger partial charge in [-0.05, 0) is 29.8 Å². The van der Waals surface area contributed by atoms with Crippen molar-refractivity contribution in [2.24, 2.45) is 0 Å². The molecular formula is C17H15ClN4O2. The van der Waals surface area contributed by atoms with Crippen LogP contribution >= 0.6 is 11.6 Å². The Bertz CT molecular complexity index is 875.